The molecule has 0 unspecified atom stereocenters. The van der Waals surface area contributed by atoms with E-state index in [0.29, 0.717) is 12.1 Å². The van der Waals surface area contributed by atoms with Crippen LogP contribution in [-0.4, -0.2) is 17.9 Å². The molecule has 0 aliphatic carbocycles. The highest BCUT2D eigenvalue weighted by Gasteiger charge is 2.07. The number of nitrogens with zero attached hydrogens (tertiary/aromatic N) is 1. The van der Waals surface area contributed by atoms with Crippen molar-refractivity contribution in [2.75, 3.05) is 12.4 Å². The first kappa shape index (κ1) is 13.0. The third kappa shape index (κ3) is 3.08. The van der Waals surface area contributed by atoms with Gasteiger partial charge in [0.2, 0.25) is 0 Å². The largest absolute Gasteiger partial charge is 0.373 e. The van der Waals surface area contributed by atoms with Crippen LogP contribution in [0.1, 0.15) is 15.2 Å². The third-order valence-electron chi connectivity index (χ3n) is 2.38. The summed E-state index contributed by atoms with van der Waals surface area (Å²) in [5.41, 5.74) is 0.557. The van der Waals surface area contributed by atoms with Gasteiger partial charge in [0.15, 0.2) is 0 Å². The number of aromatic nitrogens is 1. The minimum Gasteiger partial charge on any atom is -0.373 e. The Hall–Kier alpha value is -1.40. The number of thiophene rings is 1. The molecule has 0 saturated heterocycles. The molecule has 0 aliphatic heterocycles. The molecule has 2 N–H and O–H groups in total. The van der Waals surface area contributed by atoms with Crippen molar-refractivity contribution in [2.24, 2.45) is 0 Å². The molecule has 0 aliphatic rings. The van der Waals surface area contributed by atoms with Crippen LogP contribution in [0.5, 0.6) is 0 Å². The number of hydrogen-bond acceptors (Lipinski definition) is 4. The van der Waals surface area contributed by atoms with E-state index in [2.05, 4.69) is 31.5 Å². The minimum absolute atomic E-state index is 0.120. The van der Waals surface area contributed by atoms with Crippen LogP contribution in [0.3, 0.4) is 0 Å². The maximum absolute atomic E-state index is 11.9. The third-order valence-corrected chi connectivity index (χ3v) is 4.31. The Morgan fingerprint density at radius 1 is 1.44 bits per heavy atom. The van der Waals surface area contributed by atoms with Gasteiger partial charge in [0.05, 0.1) is 12.1 Å². The number of nitrogens with one attached hydrogen (secondary N) is 2. The number of carbonyl (C=O) groups is 1. The Labute approximate surface area is 118 Å². The lowest BCUT2D eigenvalue weighted by Crippen LogP contribution is -2.22. The molecule has 18 heavy (non-hydrogen) atoms. The molecule has 2 rings (SSSR count). The number of rotatable bonds is 4. The molecule has 0 saturated carbocycles. The highest BCUT2D eigenvalue weighted by atomic mass is 79.9. The molecule has 0 fully saturated rings. The fourth-order valence-electron chi connectivity index (χ4n) is 1.39. The molecule has 0 aromatic carbocycles. The number of anilines is 1. The van der Waals surface area contributed by atoms with E-state index in [0.717, 1.165) is 15.2 Å². The van der Waals surface area contributed by atoms with Gasteiger partial charge in [-0.05, 0) is 39.5 Å². The van der Waals surface area contributed by atoms with Gasteiger partial charge >= 0.3 is 0 Å². The van der Waals surface area contributed by atoms with Crippen LogP contribution >= 0.6 is 27.3 Å². The molecule has 4 nitrogen and oxygen atoms in total. The monoisotopic (exact) mass is 325 g/mol. The number of carbonyl (C=O) groups excluding carboxylic acids is 1. The van der Waals surface area contributed by atoms with Gasteiger partial charge in [0.1, 0.15) is 5.82 Å². The van der Waals surface area contributed by atoms with Crippen molar-refractivity contribution in [2.45, 2.75) is 6.54 Å². The molecular formula is C12H12BrN3OS. The summed E-state index contributed by atoms with van der Waals surface area (Å²) in [4.78, 5) is 17.1. The van der Waals surface area contributed by atoms with E-state index in [4.69, 9.17) is 0 Å². The predicted octanol–water partition coefficient (Wildman–Crippen LogP) is 2.88. The Morgan fingerprint density at radius 2 is 2.28 bits per heavy atom. The van der Waals surface area contributed by atoms with Gasteiger partial charge < -0.3 is 10.6 Å². The molecule has 1 amide bonds. The van der Waals surface area contributed by atoms with E-state index >= 15 is 0 Å². The second-order valence-electron chi connectivity index (χ2n) is 3.56. The first-order valence-electron chi connectivity index (χ1n) is 5.34. The van der Waals surface area contributed by atoms with Gasteiger partial charge in [0, 0.05) is 22.6 Å². The van der Waals surface area contributed by atoms with E-state index in [-0.39, 0.29) is 5.91 Å². The molecule has 94 valence electrons. The maximum atomic E-state index is 11.9. The fraction of sp³-hybridized carbons (Fsp3) is 0.167. The van der Waals surface area contributed by atoms with Crippen molar-refractivity contribution in [3.63, 3.8) is 0 Å². The molecular weight excluding hydrogens is 314 g/mol. The van der Waals surface area contributed by atoms with E-state index in [9.17, 15) is 4.79 Å². The van der Waals surface area contributed by atoms with Gasteiger partial charge in [0.25, 0.3) is 5.91 Å². The highest BCUT2D eigenvalue weighted by Crippen LogP contribution is 2.22. The van der Waals surface area contributed by atoms with Crippen molar-refractivity contribution in [3.05, 3.63) is 44.7 Å². The van der Waals surface area contributed by atoms with Crippen molar-refractivity contribution in [1.82, 2.24) is 10.3 Å². The lowest BCUT2D eigenvalue weighted by atomic mass is 10.2. The van der Waals surface area contributed by atoms with E-state index < -0.39 is 0 Å². The Kier molecular flexibility index (Phi) is 4.33. The molecule has 2 aromatic heterocycles. The van der Waals surface area contributed by atoms with Gasteiger partial charge in [-0.2, -0.15) is 0 Å². The summed E-state index contributed by atoms with van der Waals surface area (Å²) in [5, 5.41) is 7.75. The summed E-state index contributed by atoms with van der Waals surface area (Å²) in [6, 6.07) is 5.49. The highest BCUT2D eigenvalue weighted by molar-refractivity contribution is 9.10. The standard InChI is InChI=1S/C12H12BrN3OS/c1-14-11-3-2-8(6-15-11)12(17)16-7-10-9(13)4-5-18-10/h2-6H,7H2,1H3,(H,14,15)(H,16,17). The second-order valence-corrected chi connectivity index (χ2v) is 5.41. The molecule has 6 heteroatoms. The predicted molar refractivity (Wildman–Crippen MR) is 77.0 cm³/mol. The Balaban J connectivity index is 1.97. The van der Waals surface area contributed by atoms with Crippen molar-refractivity contribution in [3.8, 4) is 0 Å². The average molecular weight is 326 g/mol. The van der Waals surface area contributed by atoms with Gasteiger partial charge in [-0.3, -0.25) is 4.79 Å². The first-order chi connectivity index (χ1) is 8.70. The first-order valence-corrected chi connectivity index (χ1v) is 7.02. The van der Waals surface area contributed by atoms with Gasteiger partial charge in [-0.1, -0.05) is 0 Å². The van der Waals surface area contributed by atoms with Crippen molar-refractivity contribution in [1.29, 1.82) is 0 Å². The number of pyridine rings is 1. The quantitative estimate of drug-likeness (QED) is 0.908. The number of amides is 1. The second kappa shape index (κ2) is 5.97. The summed E-state index contributed by atoms with van der Waals surface area (Å²) < 4.78 is 1.02. The van der Waals surface area contributed by atoms with Crippen LogP contribution < -0.4 is 10.6 Å². The van der Waals surface area contributed by atoms with Crippen LogP contribution in [0.25, 0.3) is 0 Å². The zero-order valence-corrected chi connectivity index (χ0v) is 12.1. The van der Waals surface area contributed by atoms with Crippen molar-refractivity contribution < 1.29 is 4.79 Å². The summed E-state index contributed by atoms with van der Waals surface area (Å²) in [6.07, 6.45) is 1.56. The molecule has 0 bridgehead atoms. The van der Waals surface area contributed by atoms with E-state index in [1.165, 1.54) is 0 Å². The smallest absolute Gasteiger partial charge is 0.253 e. The normalized spacial score (nSPS) is 10.1. The summed E-state index contributed by atoms with van der Waals surface area (Å²) >= 11 is 5.04. The van der Waals surface area contributed by atoms with E-state index in [1.807, 2.05) is 11.4 Å². The Bertz CT molecular complexity index is 539. The Morgan fingerprint density at radius 3 is 2.83 bits per heavy atom. The van der Waals surface area contributed by atoms with Crippen LogP contribution in [0.15, 0.2) is 34.2 Å². The topological polar surface area (TPSA) is 54.0 Å². The average Bonchev–Trinajstić information content (AvgIpc) is 2.81. The lowest BCUT2D eigenvalue weighted by molar-refractivity contribution is 0.0951. The van der Waals surface area contributed by atoms with Crippen LogP contribution in [-0.2, 0) is 6.54 Å². The molecule has 2 heterocycles. The fourth-order valence-corrected chi connectivity index (χ4v) is 2.82. The van der Waals surface area contributed by atoms with Gasteiger partial charge in [-0.15, -0.1) is 11.3 Å². The van der Waals surface area contributed by atoms with Crippen LogP contribution in [0.2, 0.25) is 0 Å². The number of halogens is 1. The summed E-state index contributed by atoms with van der Waals surface area (Å²) in [5.74, 6) is 0.623. The zero-order valence-electron chi connectivity index (χ0n) is 9.74. The van der Waals surface area contributed by atoms with Gasteiger partial charge in [-0.25, -0.2) is 4.98 Å². The van der Waals surface area contributed by atoms with Crippen LogP contribution in [0, 0.1) is 0 Å². The minimum atomic E-state index is -0.120. The van der Waals surface area contributed by atoms with Crippen molar-refractivity contribution >= 4 is 39.0 Å². The SMILES string of the molecule is CNc1ccc(C(=O)NCc2sccc2Br)cn1. The van der Waals surface area contributed by atoms with Crippen LogP contribution in [0.4, 0.5) is 5.82 Å². The van der Waals surface area contributed by atoms with E-state index in [1.54, 1.807) is 36.7 Å². The summed E-state index contributed by atoms with van der Waals surface area (Å²) in [6.45, 7) is 0.519. The molecule has 2 aromatic rings. The molecule has 0 spiro atoms. The zero-order chi connectivity index (χ0) is 13.0. The number of hydrogen-bond donors (Lipinski definition) is 2. The maximum Gasteiger partial charge on any atom is 0.253 e. The summed E-state index contributed by atoms with van der Waals surface area (Å²) in [7, 11) is 1.79. The lowest BCUT2D eigenvalue weighted by Gasteiger charge is -2.05. The molecule has 0 atom stereocenters. The molecule has 0 radical (unpaired) electrons.